The number of carbonyl (C=O) groups is 2. The molecule has 1 rings (SSSR count). The molecule has 1 aliphatic rings. The summed E-state index contributed by atoms with van der Waals surface area (Å²) in [4.78, 5) is 23.8. The third-order valence-corrected chi connectivity index (χ3v) is 3.64. The zero-order valence-corrected chi connectivity index (χ0v) is 11.6. The Morgan fingerprint density at radius 2 is 2.00 bits per heavy atom. The van der Waals surface area contributed by atoms with E-state index in [0.29, 0.717) is 12.5 Å². The zero-order chi connectivity index (χ0) is 14.3. The van der Waals surface area contributed by atoms with Gasteiger partial charge in [0.25, 0.3) is 0 Å². The number of urea groups is 1. The van der Waals surface area contributed by atoms with Crippen molar-refractivity contribution in [1.29, 1.82) is 0 Å². The van der Waals surface area contributed by atoms with E-state index >= 15 is 0 Å². The molecule has 5 nitrogen and oxygen atoms in total. The molecule has 1 fully saturated rings. The minimum atomic E-state index is -1.01. The van der Waals surface area contributed by atoms with Crippen LogP contribution in [0.15, 0.2) is 12.7 Å². The highest BCUT2D eigenvalue weighted by atomic mass is 16.4. The summed E-state index contributed by atoms with van der Waals surface area (Å²) in [6.07, 6.45) is 6.24. The largest absolute Gasteiger partial charge is 0.480 e. The van der Waals surface area contributed by atoms with Gasteiger partial charge in [-0.15, -0.1) is 6.58 Å². The molecule has 0 saturated heterocycles. The van der Waals surface area contributed by atoms with E-state index in [9.17, 15) is 9.59 Å². The van der Waals surface area contributed by atoms with Gasteiger partial charge in [-0.1, -0.05) is 25.8 Å². The second-order valence-corrected chi connectivity index (χ2v) is 5.37. The second kappa shape index (κ2) is 7.81. The maximum Gasteiger partial charge on any atom is 0.323 e. The van der Waals surface area contributed by atoms with Crippen LogP contribution in [0.3, 0.4) is 0 Å². The smallest absolute Gasteiger partial charge is 0.323 e. The molecule has 5 heteroatoms. The average molecular weight is 268 g/mol. The number of carboxylic acids is 1. The van der Waals surface area contributed by atoms with Crippen molar-refractivity contribution in [2.45, 2.75) is 32.6 Å². The van der Waals surface area contributed by atoms with Gasteiger partial charge < -0.3 is 15.3 Å². The monoisotopic (exact) mass is 268 g/mol. The van der Waals surface area contributed by atoms with Crippen molar-refractivity contribution in [3.05, 3.63) is 12.7 Å². The first-order valence-corrected chi connectivity index (χ1v) is 6.88. The molecule has 2 N–H and O–H groups in total. The maximum absolute atomic E-state index is 11.9. The summed E-state index contributed by atoms with van der Waals surface area (Å²) in [7, 11) is 0. The molecule has 0 aromatic rings. The predicted octanol–water partition coefficient (Wildman–Crippen LogP) is 2.09. The highest BCUT2D eigenvalue weighted by Gasteiger charge is 2.20. The zero-order valence-electron chi connectivity index (χ0n) is 11.6. The van der Waals surface area contributed by atoms with E-state index in [1.54, 1.807) is 0 Å². The molecule has 0 aliphatic heterocycles. The van der Waals surface area contributed by atoms with Crippen LogP contribution >= 0.6 is 0 Å². The number of carboxylic acid groups (broad SMARTS) is 1. The van der Waals surface area contributed by atoms with Gasteiger partial charge in [0.2, 0.25) is 0 Å². The molecule has 2 amide bonds. The van der Waals surface area contributed by atoms with Crippen molar-refractivity contribution in [3.8, 4) is 0 Å². The minimum Gasteiger partial charge on any atom is -0.480 e. The number of rotatable bonds is 6. The summed E-state index contributed by atoms with van der Waals surface area (Å²) in [5.74, 6) is 0.301. The summed E-state index contributed by atoms with van der Waals surface area (Å²) in [5.41, 5.74) is 0. The molecule has 0 radical (unpaired) electrons. The Kier molecular flexibility index (Phi) is 6.39. The molecular formula is C14H24N2O3. The molecule has 0 aromatic heterocycles. The Labute approximate surface area is 114 Å². The second-order valence-electron chi connectivity index (χ2n) is 5.37. The fraction of sp³-hybridized carbons (Fsp3) is 0.714. The van der Waals surface area contributed by atoms with Crippen LogP contribution in [0.2, 0.25) is 0 Å². The highest BCUT2D eigenvalue weighted by molar-refractivity contribution is 5.80. The number of amides is 2. The predicted molar refractivity (Wildman–Crippen MR) is 73.9 cm³/mol. The van der Waals surface area contributed by atoms with Crippen molar-refractivity contribution in [2.24, 2.45) is 11.8 Å². The summed E-state index contributed by atoms with van der Waals surface area (Å²) in [6.45, 7) is 6.39. The van der Waals surface area contributed by atoms with Crippen molar-refractivity contribution in [3.63, 3.8) is 0 Å². The highest BCUT2D eigenvalue weighted by Crippen LogP contribution is 2.27. The van der Waals surface area contributed by atoms with Crippen molar-refractivity contribution in [1.82, 2.24) is 10.2 Å². The number of hydrogen-bond acceptors (Lipinski definition) is 2. The molecule has 0 unspecified atom stereocenters. The molecule has 1 aliphatic carbocycles. The Morgan fingerprint density at radius 3 is 2.53 bits per heavy atom. The van der Waals surface area contributed by atoms with Crippen molar-refractivity contribution in [2.75, 3.05) is 19.6 Å². The van der Waals surface area contributed by atoms with Crippen LogP contribution in [0, 0.1) is 11.8 Å². The van der Waals surface area contributed by atoms with Gasteiger partial charge in [0, 0.05) is 13.1 Å². The lowest BCUT2D eigenvalue weighted by molar-refractivity contribution is -0.137. The first kappa shape index (κ1) is 15.5. The van der Waals surface area contributed by atoms with E-state index in [4.69, 9.17) is 5.11 Å². The lowest BCUT2D eigenvalue weighted by Crippen LogP contribution is -2.44. The van der Waals surface area contributed by atoms with Gasteiger partial charge in [0.05, 0.1) is 0 Å². The minimum absolute atomic E-state index is 0.250. The number of carbonyl (C=O) groups excluding carboxylic acids is 1. The lowest BCUT2D eigenvalue weighted by Gasteiger charge is -2.27. The van der Waals surface area contributed by atoms with E-state index in [2.05, 4.69) is 18.8 Å². The van der Waals surface area contributed by atoms with Gasteiger partial charge in [-0.05, 0) is 24.7 Å². The number of nitrogens with zero attached hydrogens (tertiary/aromatic N) is 1. The van der Waals surface area contributed by atoms with E-state index in [0.717, 1.165) is 18.8 Å². The Morgan fingerprint density at radius 1 is 1.37 bits per heavy atom. The van der Waals surface area contributed by atoms with Gasteiger partial charge in [-0.3, -0.25) is 4.79 Å². The van der Waals surface area contributed by atoms with Crippen LogP contribution in [0.4, 0.5) is 4.79 Å². The van der Waals surface area contributed by atoms with E-state index in [1.807, 2.05) is 0 Å². The first-order valence-electron chi connectivity index (χ1n) is 6.88. The van der Waals surface area contributed by atoms with Crippen LogP contribution in [0.25, 0.3) is 0 Å². The summed E-state index contributed by atoms with van der Waals surface area (Å²) < 4.78 is 0. The molecule has 0 bridgehead atoms. The Bertz CT molecular complexity index is 323. The number of aliphatic carboxylic acids is 1. The Balaban J connectivity index is 2.35. The van der Waals surface area contributed by atoms with Crippen LogP contribution in [0.5, 0.6) is 0 Å². The molecule has 1 saturated carbocycles. The van der Waals surface area contributed by atoms with E-state index in [-0.39, 0.29) is 19.1 Å². The van der Waals surface area contributed by atoms with Gasteiger partial charge in [0.15, 0.2) is 0 Å². The fourth-order valence-corrected chi connectivity index (χ4v) is 2.42. The maximum atomic E-state index is 11.9. The fourth-order valence-electron chi connectivity index (χ4n) is 2.42. The van der Waals surface area contributed by atoms with Gasteiger partial charge in [-0.25, -0.2) is 4.79 Å². The van der Waals surface area contributed by atoms with Crippen LogP contribution in [0.1, 0.15) is 32.6 Å². The Hall–Kier alpha value is -1.52. The number of hydrogen-bond donors (Lipinski definition) is 2. The van der Waals surface area contributed by atoms with Gasteiger partial charge in [-0.2, -0.15) is 0 Å². The van der Waals surface area contributed by atoms with Crippen LogP contribution in [-0.4, -0.2) is 41.6 Å². The SMILES string of the molecule is C=CCN(CC(=O)O)C(=O)NCC1CCC(C)CC1. The van der Waals surface area contributed by atoms with Crippen LogP contribution < -0.4 is 5.32 Å². The third-order valence-electron chi connectivity index (χ3n) is 3.64. The molecule has 0 aromatic carbocycles. The summed E-state index contributed by atoms with van der Waals surface area (Å²) in [6, 6.07) is -0.319. The van der Waals surface area contributed by atoms with Crippen molar-refractivity contribution >= 4 is 12.0 Å². The summed E-state index contributed by atoms with van der Waals surface area (Å²) >= 11 is 0. The van der Waals surface area contributed by atoms with E-state index in [1.165, 1.54) is 23.8 Å². The standard InChI is InChI=1S/C14H24N2O3/c1-3-8-16(10-13(17)18)14(19)15-9-12-6-4-11(2)5-7-12/h3,11-12H,1,4-10H2,2H3,(H,15,19)(H,17,18). The molecule has 0 spiro atoms. The van der Waals surface area contributed by atoms with Gasteiger partial charge in [0.1, 0.15) is 6.54 Å². The number of nitrogens with one attached hydrogen (secondary N) is 1. The molecule has 0 atom stereocenters. The lowest BCUT2D eigenvalue weighted by atomic mass is 9.83. The van der Waals surface area contributed by atoms with Crippen molar-refractivity contribution < 1.29 is 14.7 Å². The summed E-state index contributed by atoms with van der Waals surface area (Å²) in [5, 5.41) is 11.6. The first-order chi connectivity index (χ1) is 9.02. The normalized spacial score (nSPS) is 22.6. The van der Waals surface area contributed by atoms with Crippen LogP contribution in [-0.2, 0) is 4.79 Å². The van der Waals surface area contributed by atoms with E-state index < -0.39 is 5.97 Å². The van der Waals surface area contributed by atoms with Gasteiger partial charge >= 0.3 is 12.0 Å². The molecule has 0 heterocycles. The molecular weight excluding hydrogens is 244 g/mol. The quantitative estimate of drug-likeness (QED) is 0.725. The average Bonchev–Trinajstić information content (AvgIpc) is 2.37. The molecule has 19 heavy (non-hydrogen) atoms. The third kappa shape index (κ3) is 5.77. The topological polar surface area (TPSA) is 69.6 Å². The molecule has 108 valence electrons.